The van der Waals surface area contributed by atoms with Crippen LogP contribution in [0.4, 0.5) is 5.69 Å². The summed E-state index contributed by atoms with van der Waals surface area (Å²) in [5, 5.41) is 6.65. The van der Waals surface area contributed by atoms with Crippen molar-refractivity contribution in [3.63, 3.8) is 0 Å². The first-order valence-electron chi connectivity index (χ1n) is 4.32. The molecule has 64 valence electrons. The molecule has 12 heavy (non-hydrogen) atoms. The van der Waals surface area contributed by atoms with Gasteiger partial charge < -0.3 is 10.6 Å². The Hall–Kier alpha value is -1.09. The zero-order valence-corrected chi connectivity index (χ0v) is 6.96. The van der Waals surface area contributed by atoms with Gasteiger partial charge in [0.2, 0.25) is 0 Å². The molecule has 2 N–H and O–H groups in total. The van der Waals surface area contributed by atoms with Crippen LogP contribution in [0.3, 0.4) is 0 Å². The fraction of sp³-hybridized carbons (Fsp3) is 0.444. The molecule has 0 spiro atoms. The molecule has 1 aromatic rings. The van der Waals surface area contributed by atoms with Crippen LogP contribution < -0.4 is 10.6 Å². The van der Waals surface area contributed by atoms with E-state index in [2.05, 4.69) is 15.6 Å². The minimum atomic E-state index is 0.658. The van der Waals surface area contributed by atoms with Gasteiger partial charge in [-0.25, -0.2) is 0 Å². The third-order valence-electron chi connectivity index (χ3n) is 2.14. The number of hydrogen-bond acceptors (Lipinski definition) is 3. The van der Waals surface area contributed by atoms with Crippen molar-refractivity contribution in [1.29, 1.82) is 0 Å². The predicted octanol–water partition coefficient (Wildman–Crippen LogP) is 0.855. The quantitative estimate of drug-likeness (QED) is 0.693. The van der Waals surface area contributed by atoms with Gasteiger partial charge in [-0.1, -0.05) is 0 Å². The van der Waals surface area contributed by atoms with Crippen LogP contribution in [-0.2, 0) is 0 Å². The average Bonchev–Trinajstić information content (AvgIpc) is 2.04. The van der Waals surface area contributed by atoms with E-state index >= 15 is 0 Å². The molecule has 0 bridgehead atoms. The van der Waals surface area contributed by atoms with Crippen LogP contribution in [0.25, 0.3) is 0 Å². The maximum absolute atomic E-state index is 4.02. The van der Waals surface area contributed by atoms with Gasteiger partial charge in [0.25, 0.3) is 0 Å². The number of nitrogens with zero attached hydrogens (tertiary/aromatic N) is 1. The summed E-state index contributed by atoms with van der Waals surface area (Å²) >= 11 is 0. The minimum Gasteiger partial charge on any atom is -0.382 e. The van der Waals surface area contributed by atoms with Crippen LogP contribution in [0, 0.1) is 0 Å². The van der Waals surface area contributed by atoms with E-state index in [-0.39, 0.29) is 0 Å². The van der Waals surface area contributed by atoms with Crippen molar-refractivity contribution < 1.29 is 0 Å². The molecule has 3 heteroatoms. The Labute approximate surface area is 72.2 Å². The number of aromatic nitrogens is 1. The van der Waals surface area contributed by atoms with Crippen LogP contribution >= 0.6 is 0 Å². The minimum absolute atomic E-state index is 0.658. The van der Waals surface area contributed by atoms with E-state index in [1.165, 1.54) is 13.0 Å². The zero-order valence-electron chi connectivity index (χ0n) is 6.96. The fourth-order valence-corrected chi connectivity index (χ4v) is 1.23. The van der Waals surface area contributed by atoms with Gasteiger partial charge in [-0.15, -0.1) is 0 Å². The molecule has 1 aliphatic heterocycles. The summed E-state index contributed by atoms with van der Waals surface area (Å²) in [4.78, 5) is 4.02. The van der Waals surface area contributed by atoms with Crippen molar-refractivity contribution in [2.45, 2.75) is 12.5 Å². The monoisotopic (exact) mass is 163 g/mol. The molecule has 0 unspecified atom stereocenters. The van der Waals surface area contributed by atoms with Crippen LogP contribution in [0.2, 0.25) is 0 Å². The van der Waals surface area contributed by atoms with Crippen LogP contribution in [0.1, 0.15) is 6.42 Å². The normalized spacial score (nSPS) is 21.5. The molecule has 1 fully saturated rings. The molecule has 1 saturated heterocycles. The zero-order chi connectivity index (χ0) is 8.23. The summed E-state index contributed by atoms with van der Waals surface area (Å²) in [7, 11) is 0. The number of pyridine rings is 1. The second-order valence-corrected chi connectivity index (χ2v) is 3.06. The van der Waals surface area contributed by atoms with Gasteiger partial charge >= 0.3 is 0 Å². The van der Waals surface area contributed by atoms with E-state index in [1.54, 1.807) is 6.20 Å². The Morgan fingerprint density at radius 2 is 2.58 bits per heavy atom. The lowest BCUT2D eigenvalue weighted by molar-refractivity contribution is 0.387. The smallest absolute Gasteiger partial charge is 0.0527 e. The molecular weight excluding hydrogens is 150 g/mol. The number of rotatable bonds is 3. The van der Waals surface area contributed by atoms with Gasteiger partial charge in [-0.3, -0.25) is 4.98 Å². The summed E-state index contributed by atoms with van der Waals surface area (Å²) in [6, 6.07) is 4.63. The van der Waals surface area contributed by atoms with E-state index in [4.69, 9.17) is 0 Å². The summed E-state index contributed by atoms with van der Waals surface area (Å²) < 4.78 is 0. The molecule has 0 aliphatic carbocycles. The second-order valence-electron chi connectivity index (χ2n) is 3.06. The molecule has 0 amide bonds. The summed E-state index contributed by atoms with van der Waals surface area (Å²) in [5.74, 6) is 0. The largest absolute Gasteiger partial charge is 0.382 e. The highest BCUT2D eigenvalue weighted by Gasteiger charge is 2.14. The molecule has 0 radical (unpaired) electrons. The van der Waals surface area contributed by atoms with Crippen LogP contribution in [0.5, 0.6) is 0 Å². The maximum atomic E-state index is 4.02. The molecular formula is C9H13N3. The first kappa shape index (κ1) is 7.55. The van der Waals surface area contributed by atoms with Crippen molar-refractivity contribution >= 4 is 5.69 Å². The highest BCUT2D eigenvalue weighted by Crippen LogP contribution is 2.06. The molecule has 2 rings (SSSR count). The van der Waals surface area contributed by atoms with E-state index in [9.17, 15) is 0 Å². The number of hydrogen-bond donors (Lipinski definition) is 2. The van der Waals surface area contributed by atoms with Gasteiger partial charge in [0.1, 0.15) is 0 Å². The highest BCUT2D eigenvalue weighted by atomic mass is 15.0. The van der Waals surface area contributed by atoms with Gasteiger partial charge in [0.15, 0.2) is 0 Å². The topological polar surface area (TPSA) is 37.0 Å². The summed E-state index contributed by atoms with van der Waals surface area (Å²) in [6.45, 7) is 2.17. The molecule has 1 atom stereocenters. The Kier molecular flexibility index (Phi) is 2.23. The van der Waals surface area contributed by atoms with Gasteiger partial charge in [-0.05, 0) is 25.1 Å². The number of anilines is 1. The Morgan fingerprint density at radius 3 is 3.17 bits per heavy atom. The van der Waals surface area contributed by atoms with Crippen molar-refractivity contribution in [2.24, 2.45) is 0 Å². The van der Waals surface area contributed by atoms with E-state index < -0.39 is 0 Å². The Balaban J connectivity index is 1.79. The van der Waals surface area contributed by atoms with Crippen molar-refractivity contribution in [3.8, 4) is 0 Å². The number of nitrogens with one attached hydrogen (secondary N) is 2. The molecule has 0 saturated carbocycles. The van der Waals surface area contributed by atoms with Gasteiger partial charge in [-0.2, -0.15) is 0 Å². The summed E-state index contributed by atoms with van der Waals surface area (Å²) in [6.07, 6.45) is 4.92. The van der Waals surface area contributed by atoms with E-state index in [0.29, 0.717) is 6.04 Å². The predicted molar refractivity (Wildman–Crippen MR) is 49.1 cm³/mol. The first-order valence-corrected chi connectivity index (χ1v) is 4.32. The molecule has 3 nitrogen and oxygen atoms in total. The van der Waals surface area contributed by atoms with Crippen molar-refractivity contribution in [3.05, 3.63) is 24.5 Å². The van der Waals surface area contributed by atoms with Gasteiger partial charge in [0, 0.05) is 25.0 Å². The maximum Gasteiger partial charge on any atom is 0.0527 e. The lowest BCUT2D eigenvalue weighted by Crippen LogP contribution is -2.47. The standard InChI is InChI=1S/C9H13N3/c1-2-8(6-10-4-1)12-7-9-3-5-11-9/h1-2,4,6,9,11-12H,3,5,7H2/t9-/m1/s1. The fourth-order valence-electron chi connectivity index (χ4n) is 1.23. The molecule has 1 aliphatic rings. The molecule has 2 heterocycles. The molecule has 1 aromatic heterocycles. The van der Waals surface area contributed by atoms with Gasteiger partial charge in [0.05, 0.1) is 5.69 Å². The SMILES string of the molecule is c1cncc(NC[C@H]2CCN2)c1. The van der Waals surface area contributed by atoms with Crippen molar-refractivity contribution in [1.82, 2.24) is 10.3 Å². The summed E-state index contributed by atoms with van der Waals surface area (Å²) in [5.41, 5.74) is 1.10. The first-order chi connectivity index (χ1) is 5.95. The van der Waals surface area contributed by atoms with E-state index in [0.717, 1.165) is 12.2 Å². The third-order valence-corrected chi connectivity index (χ3v) is 2.14. The third kappa shape index (κ3) is 1.74. The lowest BCUT2D eigenvalue weighted by Gasteiger charge is -2.27. The Morgan fingerprint density at radius 1 is 1.67 bits per heavy atom. The van der Waals surface area contributed by atoms with Crippen LogP contribution in [0.15, 0.2) is 24.5 Å². The van der Waals surface area contributed by atoms with E-state index in [1.807, 2.05) is 18.3 Å². The van der Waals surface area contributed by atoms with Crippen LogP contribution in [-0.4, -0.2) is 24.1 Å². The second kappa shape index (κ2) is 3.54. The van der Waals surface area contributed by atoms with Crippen molar-refractivity contribution in [2.75, 3.05) is 18.4 Å². The highest BCUT2D eigenvalue weighted by molar-refractivity contribution is 5.39. The Bertz CT molecular complexity index is 231. The average molecular weight is 163 g/mol. The molecule has 0 aromatic carbocycles. The lowest BCUT2D eigenvalue weighted by atomic mass is 10.1.